The van der Waals surface area contributed by atoms with Gasteiger partial charge in [-0.1, -0.05) is 19.1 Å². The number of methoxy groups -OCH3 is 1. The van der Waals surface area contributed by atoms with E-state index in [0.29, 0.717) is 6.61 Å². The zero-order chi connectivity index (χ0) is 13.7. The van der Waals surface area contributed by atoms with Crippen LogP contribution in [-0.2, 0) is 13.2 Å². The number of aryl methyl sites for hydroxylation is 1. The molecule has 0 aliphatic carbocycles. The molecule has 0 bridgehead atoms. The van der Waals surface area contributed by atoms with Crippen LogP contribution < -0.4 is 9.47 Å². The highest BCUT2D eigenvalue weighted by Crippen LogP contribution is 2.25. The monoisotopic (exact) mass is 324 g/mol. The van der Waals surface area contributed by atoms with Crippen LogP contribution in [0.15, 0.2) is 35.1 Å². The SMILES string of the molecule is CCCn1ncc(OCc2ccc(OC)cc2)c1Br. The number of hydrogen-bond acceptors (Lipinski definition) is 3. The lowest BCUT2D eigenvalue weighted by molar-refractivity contribution is 0.303. The normalized spacial score (nSPS) is 10.5. The van der Waals surface area contributed by atoms with Gasteiger partial charge in [-0.05, 0) is 40.0 Å². The Morgan fingerprint density at radius 2 is 2.00 bits per heavy atom. The maximum absolute atomic E-state index is 5.75. The number of hydrogen-bond donors (Lipinski definition) is 0. The molecular formula is C14H17BrN2O2. The fourth-order valence-corrected chi connectivity index (χ4v) is 2.19. The topological polar surface area (TPSA) is 36.3 Å². The van der Waals surface area contributed by atoms with Crippen molar-refractivity contribution < 1.29 is 9.47 Å². The lowest BCUT2D eigenvalue weighted by atomic mass is 10.2. The molecule has 0 saturated carbocycles. The van der Waals surface area contributed by atoms with Crippen molar-refractivity contribution in [1.29, 1.82) is 0 Å². The molecular weight excluding hydrogens is 308 g/mol. The third kappa shape index (κ3) is 3.50. The fraction of sp³-hybridized carbons (Fsp3) is 0.357. The average Bonchev–Trinajstić information content (AvgIpc) is 2.79. The molecule has 4 nitrogen and oxygen atoms in total. The Balaban J connectivity index is 1.97. The summed E-state index contributed by atoms with van der Waals surface area (Å²) in [7, 11) is 1.66. The minimum Gasteiger partial charge on any atom is -0.497 e. The number of halogens is 1. The summed E-state index contributed by atoms with van der Waals surface area (Å²) >= 11 is 3.50. The van der Waals surface area contributed by atoms with Gasteiger partial charge in [0.25, 0.3) is 0 Å². The summed E-state index contributed by atoms with van der Waals surface area (Å²) in [5.41, 5.74) is 1.09. The number of ether oxygens (including phenoxy) is 2. The third-order valence-corrected chi connectivity index (χ3v) is 3.53. The molecule has 0 saturated heterocycles. The van der Waals surface area contributed by atoms with Crippen LogP contribution in [0.1, 0.15) is 18.9 Å². The molecule has 0 fully saturated rings. The van der Waals surface area contributed by atoms with Crippen LogP contribution in [0.5, 0.6) is 11.5 Å². The molecule has 1 aromatic carbocycles. The van der Waals surface area contributed by atoms with E-state index in [4.69, 9.17) is 9.47 Å². The van der Waals surface area contributed by atoms with E-state index in [1.807, 2.05) is 28.9 Å². The molecule has 0 spiro atoms. The van der Waals surface area contributed by atoms with E-state index in [9.17, 15) is 0 Å². The molecule has 0 aliphatic heterocycles. The van der Waals surface area contributed by atoms with Crippen LogP contribution in [0.2, 0.25) is 0 Å². The number of rotatable bonds is 6. The van der Waals surface area contributed by atoms with E-state index in [-0.39, 0.29) is 0 Å². The Kier molecular flexibility index (Phi) is 4.85. The fourth-order valence-electron chi connectivity index (χ4n) is 1.70. The Morgan fingerprint density at radius 1 is 1.26 bits per heavy atom. The molecule has 102 valence electrons. The Bertz CT molecular complexity index is 523. The molecule has 0 aliphatic rings. The van der Waals surface area contributed by atoms with E-state index in [1.54, 1.807) is 13.3 Å². The zero-order valence-corrected chi connectivity index (χ0v) is 12.7. The summed E-state index contributed by atoms with van der Waals surface area (Å²) in [6.45, 7) is 3.51. The van der Waals surface area contributed by atoms with Gasteiger partial charge in [0.1, 0.15) is 17.0 Å². The van der Waals surface area contributed by atoms with Gasteiger partial charge in [0.05, 0.1) is 13.3 Å². The van der Waals surface area contributed by atoms with E-state index in [2.05, 4.69) is 28.0 Å². The molecule has 0 atom stereocenters. The van der Waals surface area contributed by atoms with Gasteiger partial charge in [-0.3, -0.25) is 4.68 Å². The summed E-state index contributed by atoms with van der Waals surface area (Å²) in [5, 5.41) is 4.27. The first-order chi connectivity index (χ1) is 9.24. The van der Waals surface area contributed by atoms with Crippen molar-refractivity contribution in [3.63, 3.8) is 0 Å². The molecule has 1 aromatic heterocycles. The van der Waals surface area contributed by atoms with Crippen LogP contribution in [0, 0.1) is 0 Å². The molecule has 0 amide bonds. The molecule has 0 radical (unpaired) electrons. The van der Waals surface area contributed by atoms with Crippen molar-refractivity contribution in [3.05, 3.63) is 40.6 Å². The van der Waals surface area contributed by atoms with Crippen molar-refractivity contribution in [2.45, 2.75) is 26.5 Å². The number of nitrogens with zero attached hydrogens (tertiary/aromatic N) is 2. The number of aromatic nitrogens is 2. The van der Waals surface area contributed by atoms with E-state index in [1.165, 1.54) is 0 Å². The first-order valence-electron chi connectivity index (χ1n) is 6.21. The summed E-state index contributed by atoms with van der Waals surface area (Å²) in [6, 6.07) is 7.83. The second-order valence-corrected chi connectivity index (χ2v) is 4.91. The second kappa shape index (κ2) is 6.61. The predicted molar refractivity (Wildman–Crippen MR) is 77.5 cm³/mol. The smallest absolute Gasteiger partial charge is 0.172 e. The lowest BCUT2D eigenvalue weighted by Crippen LogP contribution is -1.99. The van der Waals surface area contributed by atoms with Gasteiger partial charge >= 0.3 is 0 Å². The highest BCUT2D eigenvalue weighted by molar-refractivity contribution is 9.10. The van der Waals surface area contributed by atoms with E-state index < -0.39 is 0 Å². The Morgan fingerprint density at radius 3 is 2.63 bits per heavy atom. The molecule has 0 N–H and O–H groups in total. The molecule has 1 heterocycles. The summed E-state index contributed by atoms with van der Waals surface area (Å²) < 4.78 is 13.7. The van der Waals surface area contributed by atoms with Crippen LogP contribution in [0.25, 0.3) is 0 Å². The molecule has 0 unspecified atom stereocenters. The van der Waals surface area contributed by atoms with Gasteiger partial charge in [0, 0.05) is 6.54 Å². The molecule has 2 aromatic rings. The van der Waals surface area contributed by atoms with Gasteiger partial charge < -0.3 is 9.47 Å². The van der Waals surface area contributed by atoms with Crippen LogP contribution in [0.4, 0.5) is 0 Å². The predicted octanol–water partition coefficient (Wildman–Crippen LogP) is 3.64. The lowest BCUT2D eigenvalue weighted by Gasteiger charge is -2.06. The summed E-state index contributed by atoms with van der Waals surface area (Å²) in [6.07, 6.45) is 2.78. The highest BCUT2D eigenvalue weighted by Gasteiger charge is 2.08. The minimum atomic E-state index is 0.514. The van der Waals surface area contributed by atoms with Crippen LogP contribution >= 0.6 is 15.9 Å². The van der Waals surface area contributed by atoms with Crippen molar-refractivity contribution in [2.75, 3.05) is 7.11 Å². The van der Waals surface area contributed by atoms with E-state index >= 15 is 0 Å². The van der Waals surface area contributed by atoms with Crippen molar-refractivity contribution >= 4 is 15.9 Å². The Hall–Kier alpha value is -1.49. The van der Waals surface area contributed by atoms with Crippen LogP contribution in [-0.4, -0.2) is 16.9 Å². The number of benzene rings is 1. The largest absolute Gasteiger partial charge is 0.497 e. The maximum atomic E-state index is 5.75. The first-order valence-corrected chi connectivity index (χ1v) is 7.01. The van der Waals surface area contributed by atoms with Crippen molar-refractivity contribution in [3.8, 4) is 11.5 Å². The second-order valence-electron chi connectivity index (χ2n) is 4.16. The molecule has 19 heavy (non-hydrogen) atoms. The Labute approximate surface area is 121 Å². The van der Waals surface area contributed by atoms with Crippen molar-refractivity contribution in [2.24, 2.45) is 0 Å². The minimum absolute atomic E-state index is 0.514. The first kappa shape index (κ1) is 13.9. The van der Waals surface area contributed by atoms with E-state index in [0.717, 1.165) is 34.6 Å². The van der Waals surface area contributed by atoms with Crippen LogP contribution in [0.3, 0.4) is 0 Å². The van der Waals surface area contributed by atoms with Gasteiger partial charge in [-0.25, -0.2) is 0 Å². The van der Waals surface area contributed by atoms with Gasteiger partial charge in [-0.15, -0.1) is 0 Å². The maximum Gasteiger partial charge on any atom is 0.172 e. The van der Waals surface area contributed by atoms with Gasteiger partial charge in [0.2, 0.25) is 0 Å². The molecule has 2 rings (SSSR count). The van der Waals surface area contributed by atoms with Gasteiger partial charge in [0.15, 0.2) is 5.75 Å². The van der Waals surface area contributed by atoms with Gasteiger partial charge in [-0.2, -0.15) is 5.10 Å². The summed E-state index contributed by atoms with van der Waals surface area (Å²) in [4.78, 5) is 0. The quantitative estimate of drug-likeness (QED) is 0.813. The average molecular weight is 325 g/mol. The van der Waals surface area contributed by atoms with Crippen molar-refractivity contribution in [1.82, 2.24) is 9.78 Å². The summed E-state index contributed by atoms with van der Waals surface area (Å²) in [5.74, 6) is 1.62. The standard InChI is InChI=1S/C14H17BrN2O2/c1-3-8-17-14(15)13(9-16-17)19-10-11-4-6-12(18-2)7-5-11/h4-7,9H,3,8,10H2,1-2H3. The zero-order valence-electron chi connectivity index (χ0n) is 11.1. The highest BCUT2D eigenvalue weighted by atomic mass is 79.9. The third-order valence-electron chi connectivity index (χ3n) is 2.73. The molecule has 5 heteroatoms.